The second-order valence-electron chi connectivity index (χ2n) is 4.31. The molecule has 1 N–H and O–H groups in total. The molecule has 76 valence electrons. The van der Waals surface area contributed by atoms with E-state index in [9.17, 15) is 4.39 Å². The fourth-order valence-electron chi connectivity index (χ4n) is 1.98. The Hall–Kier alpha value is -1.05. The second kappa shape index (κ2) is 3.26. The van der Waals surface area contributed by atoms with Crippen LogP contribution in [0.3, 0.4) is 0 Å². The lowest BCUT2D eigenvalue weighted by atomic mass is 9.86. The zero-order valence-corrected chi connectivity index (χ0v) is 8.73. The maximum absolute atomic E-state index is 13.4. The molecule has 0 saturated carbocycles. The Morgan fingerprint density at radius 3 is 3.00 bits per heavy atom. The predicted octanol–water partition coefficient (Wildman–Crippen LogP) is 3.35. The topological polar surface area (TPSA) is 12.0 Å². The van der Waals surface area contributed by atoms with Crippen molar-refractivity contribution in [2.45, 2.75) is 38.6 Å². The number of nitrogens with one attached hydrogen (secondary N) is 1. The number of halogens is 1. The van der Waals surface area contributed by atoms with E-state index >= 15 is 0 Å². The highest BCUT2D eigenvalue weighted by atomic mass is 19.1. The standard InChI is InChI=1S/C12H16FN/c1-3-12(2)8-7-9-10(13)5-4-6-11(9)14-12/h4-6,14H,3,7-8H2,1-2H3. The van der Waals surface area contributed by atoms with Crippen LogP contribution < -0.4 is 5.32 Å². The Morgan fingerprint density at radius 2 is 2.29 bits per heavy atom. The molecule has 0 radical (unpaired) electrons. The van der Waals surface area contributed by atoms with E-state index in [4.69, 9.17) is 0 Å². The molecule has 0 aliphatic carbocycles. The molecule has 2 heteroatoms. The van der Waals surface area contributed by atoms with Crippen molar-refractivity contribution < 1.29 is 4.39 Å². The fraction of sp³-hybridized carbons (Fsp3) is 0.500. The molecule has 0 aromatic heterocycles. The van der Waals surface area contributed by atoms with Crippen LogP contribution in [0, 0.1) is 5.82 Å². The number of rotatable bonds is 1. The SMILES string of the molecule is CCC1(C)CCc2c(F)cccc2N1. The lowest BCUT2D eigenvalue weighted by Crippen LogP contribution is -2.38. The number of anilines is 1. The van der Waals surface area contributed by atoms with Gasteiger partial charge in [-0.15, -0.1) is 0 Å². The zero-order chi connectivity index (χ0) is 10.2. The summed E-state index contributed by atoms with van der Waals surface area (Å²) in [7, 11) is 0. The maximum Gasteiger partial charge on any atom is 0.128 e. The van der Waals surface area contributed by atoms with Crippen molar-refractivity contribution in [3.63, 3.8) is 0 Å². The molecule has 1 aliphatic heterocycles. The van der Waals surface area contributed by atoms with Crippen LogP contribution >= 0.6 is 0 Å². The molecule has 0 saturated heterocycles. The van der Waals surface area contributed by atoms with E-state index in [0.29, 0.717) is 0 Å². The average Bonchev–Trinajstić information content (AvgIpc) is 2.18. The summed E-state index contributed by atoms with van der Waals surface area (Å²) in [6.45, 7) is 4.36. The number of fused-ring (bicyclic) bond motifs is 1. The van der Waals surface area contributed by atoms with Gasteiger partial charge in [-0.1, -0.05) is 13.0 Å². The third-order valence-electron chi connectivity index (χ3n) is 3.26. The highest BCUT2D eigenvalue weighted by molar-refractivity contribution is 5.55. The first kappa shape index (κ1) is 9.50. The molecule has 0 spiro atoms. The van der Waals surface area contributed by atoms with Gasteiger partial charge in [0.25, 0.3) is 0 Å². The molecule has 1 aromatic rings. The van der Waals surface area contributed by atoms with Crippen molar-refractivity contribution in [1.29, 1.82) is 0 Å². The third kappa shape index (κ3) is 1.49. The second-order valence-corrected chi connectivity index (χ2v) is 4.31. The van der Waals surface area contributed by atoms with Crippen LogP contribution in [-0.2, 0) is 6.42 Å². The normalized spacial score (nSPS) is 25.4. The zero-order valence-electron chi connectivity index (χ0n) is 8.73. The monoisotopic (exact) mass is 193 g/mol. The van der Waals surface area contributed by atoms with Crippen LogP contribution in [0.5, 0.6) is 0 Å². The minimum Gasteiger partial charge on any atom is -0.380 e. The van der Waals surface area contributed by atoms with Crippen LogP contribution in [0.15, 0.2) is 18.2 Å². The molecule has 14 heavy (non-hydrogen) atoms. The summed E-state index contributed by atoms with van der Waals surface area (Å²) in [6.07, 6.45) is 2.93. The molecule has 1 unspecified atom stereocenters. The van der Waals surface area contributed by atoms with E-state index < -0.39 is 0 Å². The molecular weight excluding hydrogens is 177 g/mol. The third-order valence-corrected chi connectivity index (χ3v) is 3.26. The summed E-state index contributed by atoms with van der Waals surface area (Å²) < 4.78 is 13.4. The van der Waals surface area contributed by atoms with E-state index in [1.165, 1.54) is 6.07 Å². The van der Waals surface area contributed by atoms with E-state index in [1.54, 1.807) is 6.07 Å². The maximum atomic E-state index is 13.4. The van der Waals surface area contributed by atoms with Crippen LogP contribution in [0.2, 0.25) is 0 Å². The highest BCUT2D eigenvalue weighted by Crippen LogP contribution is 2.33. The van der Waals surface area contributed by atoms with Gasteiger partial charge in [-0.2, -0.15) is 0 Å². The van der Waals surface area contributed by atoms with Crippen LogP contribution in [0.1, 0.15) is 32.3 Å². The highest BCUT2D eigenvalue weighted by Gasteiger charge is 2.28. The molecule has 1 aliphatic rings. The first-order valence-corrected chi connectivity index (χ1v) is 5.20. The van der Waals surface area contributed by atoms with Gasteiger partial charge in [0.15, 0.2) is 0 Å². The summed E-state index contributed by atoms with van der Waals surface area (Å²) in [6, 6.07) is 5.27. The summed E-state index contributed by atoms with van der Waals surface area (Å²) in [4.78, 5) is 0. The number of hydrogen-bond donors (Lipinski definition) is 1. The Bertz CT molecular complexity index is 348. The van der Waals surface area contributed by atoms with E-state index in [-0.39, 0.29) is 11.4 Å². The molecule has 1 atom stereocenters. The smallest absolute Gasteiger partial charge is 0.128 e. The Kier molecular flexibility index (Phi) is 2.22. The minimum absolute atomic E-state index is 0.0758. The first-order valence-electron chi connectivity index (χ1n) is 5.20. The van der Waals surface area contributed by atoms with Crippen molar-refractivity contribution in [2.75, 3.05) is 5.32 Å². The van der Waals surface area contributed by atoms with Gasteiger partial charge in [0.2, 0.25) is 0 Å². The molecule has 0 amide bonds. The van der Waals surface area contributed by atoms with E-state index in [2.05, 4.69) is 19.2 Å². The fourth-order valence-corrected chi connectivity index (χ4v) is 1.98. The van der Waals surface area contributed by atoms with Gasteiger partial charge in [-0.3, -0.25) is 0 Å². The van der Waals surface area contributed by atoms with Gasteiger partial charge < -0.3 is 5.32 Å². The van der Waals surface area contributed by atoms with Crippen molar-refractivity contribution in [3.05, 3.63) is 29.6 Å². The van der Waals surface area contributed by atoms with Crippen molar-refractivity contribution in [3.8, 4) is 0 Å². The summed E-state index contributed by atoms with van der Waals surface area (Å²) >= 11 is 0. The quantitative estimate of drug-likeness (QED) is 0.721. The van der Waals surface area contributed by atoms with Crippen molar-refractivity contribution >= 4 is 5.69 Å². The molecule has 0 bridgehead atoms. The molecule has 1 nitrogen and oxygen atoms in total. The van der Waals surface area contributed by atoms with Gasteiger partial charge in [-0.25, -0.2) is 4.39 Å². The van der Waals surface area contributed by atoms with Gasteiger partial charge in [0.1, 0.15) is 5.82 Å². The van der Waals surface area contributed by atoms with Gasteiger partial charge >= 0.3 is 0 Å². The summed E-state index contributed by atoms with van der Waals surface area (Å²) in [5.74, 6) is -0.0758. The largest absolute Gasteiger partial charge is 0.380 e. The number of hydrogen-bond acceptors (Lipinski definition) is 1. The van der Waals surface area contributed by atoms with Gasteiger partial charge in [-0.05, 0) is 38.3 Å². The van der Waals surface area contributed by atoms with E-state index in [1.807, 2.05) is 6.07 Å². The lowest BCUT2D eigenvalue weighted by Gasteiger charge is -2.36. The predicted molar refractivity (Wildman–Crippen MR) is 57.0 cm³/mol. The van der Waals surface area contributed by atoms with Crippen LogP contribution in [-0.4, -0.2) is 5.54 Å². The minimum atomic E-state index is -0.0758. The van der Waals surface area contributed by atoms with Crippen molar-refractivity contribution in [2.24, 2.45) is 0 Å². The average molecular weight is 193 g/mol. The molecule has 2 rings (SSSR count). The Morgan fingerprint density at radius 1 is 1.50 bits per heavy atom. The number of benzene rings is 1. The molecule has 0 fully saturated rings. The van der Waals surface area contributed by atoms with Gasteiger partial charge in [0, 0.05) is 16.8 Å². The molecule has 1 aromatic carbocycles. The van der Waals surface area contributed by atoms with Crippen LogP contribution in [0.25, 0.3) is 0 Å². The van der Waals surface area contributed by atoms with Crippen molar-refractivity contribution in [1.82, 2.24) is 0 Å². The Labute approximate surface area is 84.3 Å². The van der Waals surface area contributed by atoms with Crippen LogP contribution in [0.4, 0.5) is 10.1 Å². The summed E-state index contributed by atoms with van der Waals surface area (Å²) in [5.41, 5.74) is 1.96. The first-order chi connectivity index (χ1) is 6.64. The Balaban J connectivity index is 2.36. The van der Waals surface area contributed by atoms with Gasteiger partial charge in [0.05, 0.1) is 0 Å². The lowest BCUT2D eigenvalue weighted by molar-refractivity contribution is 0.436. The van der Waals surface area contributed by atoms with E-state index in [0.717, 1.165) is 30.5 Å². The summed E-state index contributed by atoms with van der Waals surface area (Å²) in [5, 5.41) is 3.42. The molecular formula is C12H16FN. The molecule has 1 heterocycles.